The number of nitro groups is 1. The molecule has 5 heteroatoms. The van der Waals surface area contributed by atoms with E-state index in [1.54, 1.807) is 12.1 Å². The Morgan fingerprint density at radius 3 is 2.79 bits per heavy atom. The van der Waals surface area contributed by atoms with Crippen LogP contribution >= 0.6 is 15.9 Å². The first kappa shape index (κ1) is 14.3. The van der Waals surface area contributed by atoms with Gasteiger partial charge in [-0.25, -0.2) is 0 Å². The Bertz CT molecular complexity index is 479. The third kappa shape index (κ3) is 3.47. The van der Waals surface area contributed by atoms with Crippen LogP contribution in [0.25, 0.3) is 0 Å². The van der Waals surface area contributed by atoms with Crippen molar-refractivity contribution in [2.75, 3.05) is 5.32 Å². The number of benzene rings is 1. The number of hydrogen-bond donors (Lipinski definition) is 1. The lowest BCUT2D eigenvalue weighted by atomic mass is 9.80. The van der Waals surface area contributed by atoms with Gasteiger partial charge in [-0.1, -0.05) is 36.2 Å². The molecule has 19 heavy (non-hydrogen) atoms. The van der Waals surface area contributed by atoms with Gasteiger partial charge in [-0.2, -0.15) is 0 Å². The highest BCUT2D eigenvalue weighted by Crippen LogP contribution is 2.34. The molecular formula is C14H19BrN2O2. The van der Waals surface area contributed by atoms with Gasteiger partial charge in [0.2, 0.25) is 0 Å². The molecule has 1 fully saturated rings. The molecule has 1 aromatic rings. The third-order valence-corrected chi connectivity index (χ3v) is 4.45. The van der Waals surface area contributed by atoms with Gasteiger partial charge in [0.1, 0.15) is 5.69 Å². The summed E-state index contributed by atoms with van der Waals surface area (Å²) in [4.78, 5) is 10.8. The van der Waals surface area contributed by atoms with E-state index in [0.717, 1.165) is 10.9 Å². The Labute approximate surface area is 121 Å². The first-order valence-corrected chi connectivity index (χ1v) is 7.47. The summed E-state index contributed by atoms with van der Waals surface area (Å²) in [5.74, 6) is 1.24. The van der Waals surface area contributed by atoms with Crippen LogP contribution in [-0.2, 0) is 0 Å². The molecule has 0 heterocycles. The average molecular weight is 327 g/mol. The van der Waals surface area contributed by atoms with Crippen molar-refractivity contribution in [2.45, 2.75) is 39.2 Å². The molecule has 0 amide bonds. The lowest BCUT2D eigenvalue weighted by Crippen LogP contribution is -2.33. The predicted molar refractivity (Wildman–Crippen MR) is 80.4 cm³/mol. The number of rotatable bonds is 3. The minimum atomic E-state index is -0.329. The quantitative estimate of drug-likeness (QED) is 0.652. The second-order valence-corrected chi connectivity index (χ2v) is 6.48. The molecule has 0 aromatic heterocycles. The van der Waals surface area contributed by atoms with Gasteiger partial charge in [0.15, 0.2) is 0 Å². The van der Waals surface area contributed by atoms with Crippen LogP contribution in [0.3, 0.4) is 0 Å². The lowest BCUT2D eigenvalue weighted by molar-refractivity contribution is -0.384. The highest BCUT2D eigenvalue weighted by molar-refractivity contribution is 9.10. The van der Waals surface area contributed by atoms with E-state index in [4.69, 9.17) is 0 Å². The van der Waals surface area contributed by atoms with Gasteiger partial charge in [0.05, 0.1) is 4.92 Å². The van der Waals surface area contributed by atoms with E-state index >= 15 is 0 Å². The zero-order valence-corrected chi connectivity index (χ0v) is 12.8. The van der Waals surface area contributed by atoms with E-state index in [1.807, 2.05) is 6.07 Å². The molecule has 0 saturated heterocycles. The number of nitro benzene ring substituents is 1. The number of halogens is 1. The Morgan fingerprint density at radius 2 is 2.11 bits per heavy atom. The Balaban J connectivity index is 2.20. The molecule has 104 valence electrons. The molecule has 1 saturated carbocycles. The van der Waals surface area contributed by atoms with Crippen molar-refractivity contribution in [3.63, 3.8) is 0 Å². The summed E-state index contributed by atoms with van der Waals surface area (Å²) < 4.78 is 0.731. The Morgan fingerprint density at radius 1 is 1.37 bits per heavy atom. The van der Waals surface area contributed by atoms with Crippen LogP contribution in [0.1, 0.15) is 33.1 Å². The van der Waals surface area contributed by atoms with Crippen molar-refractivity contribution in [1.82, 2.24) is 0 Å². The van der Waals surface area contributed by atoms with Gasteiger partial charge in [-0.3, -0.25) is 10.1 Å². The highest BCUT2D eigenvalue weighted by Gasteiger charge is 2.27. The van der Waals surface area contributed by atoms with Crippen molar-refractivity contribution in [1.29, 1.82) is 0 Å². The number of anilines is 1. The molecule has 1 aliphatic rings. The maximum atomic E-state index is 11.1. The molecule has 1 aromatic carbocycles. The van der Waals surface area contributed by atoms with Gasteiger partial charge in [-0.05, 0) is 36.8 Å². The summed E-state index contributed by atoms with van der Waals surface area (Å²) in [5.41, 5.74) is 0.763. The first-order valence-electron chi connectivity index (χ1n) is 6.68. The lowest BCUT2D eigenvalue weighted by Gasteiger charge is -2.33. The van der Waals surface area contributed by atoms with Crippen molar-refractivity contribution in [3.05, 3.63) is 32.8 Å². The van der Waals surface area contributed by atoms with E-state index in [0.29, 0.717) is 23.6 Å². The van der Waals surface area contributed by atoms with E-state index in [2.05, 4.69) is 35.1 Å². The number of nitrogens with zero attached hydrogens (tertiary/aromatic N) is 1. The number of nitrogens with one attached hydrogen (secondary N) is 1. The smallest absolute Gasteiger partial charge is 0.293 e. The van der Waals surface area contributed by atoms with Gasteiger partial charge in [0.25, 0.3) is 5.69 Å². The summed E-state index contributed by atoms with van der Waals surface area (Å²) in [6.45, 7) is 4.46. The van der Waals surface area contributed by atoms with Crippen molar-refractivity contribution in [3.8, 4) is 0 Å². The average Bonchev–Trinajstić information content (AvgIpc) is 2.35. The summed E-state index contributed by atoms with van der Waals surface area (Å²) >= 11 is 3.28. The van der Waals surface area contributed by atoms with E-state index < -0.39 is 0 Å². The highest BCUT2D eigenvalue weighted by atomic mass is 79.9. The summed E-state index contributed by atoms with van der Waals surface area (Å²) in [6, 6.07) is 5.50. The second kappa shape index (κ2) is 5.90. The zero-order chi connectivity index (χ0) is 14.0. The van der Waals surface area contributed by atoms with Crippen LogP contribution < -0.4 is 5.32 Å². The third-order valence-electron chi connectivity index (χ3n) is 3.96. The minimum Gasteiger partial charge on any atom is -0.376 e. The van der Waals surface area contributed by atoms with Crippen molar-refractivity contribution >= 4 is 27.3 Å². The standard InChI is InChI=1S/C14H19BrN2O2/c1-9-3-4-10(2)13(7-9)16-12-6-5-11(15)8-14(12)17(18)19/h5-6,8-10,13,16H,3-4,7H2,1-2H3. The molecule has 4 nitrogen and oxygen atoms in total. The summed E-state index contributed by atoms with van der Waals surface area (Å²) in [5, 5.41) is 14.5. The molecule has 1 N–H and O–H groups in total. The summed E-state index contributed by atoms with van der Waals surface area (Å²) in [6.07, 6.45) is 3.51. The molecule has 2 rings (SSSR count). The van der Waals surface area contributed by atoms with Crippen LogP contribution in [0.4, 0.5) is 11.4 Å². The van der Waals surface area contributed by atoms with E-state index in [9.17, 15) is 10.1 Å². The van der Waals surface area contributed by atoms with Crippen LogP contribution in [-0.4, -0.2) is 11.0 Å². The Hall–Kier alpha value is -1.10. The van der Waals surface area contributed by atoms with Gasteiger partial charge in [-0.15, -0.1) is 0 Å². The summed E-state index contributed by atoms with van der Waals surface area (Å²) in [7, 11) is 0. The molecular weight excluding hydrogens is 308 g/mol. The van der Waals surface area contributed by atoms with Crippen LogP contribution in [0.15, 0.2) is 22.7 Å². The van der Waals surface area contributed by atoms with Gasteiger partial charge >= 0.3 is 0 Å². The zero-order valence-electron chi connectivity index (χ0n) is 11.2. The van der Waals surface area contributed by atoms with Crippen LogP contribution in [0.2, 0.25) is 0 Å². The normalized spacial score (nSPS) is 27.0. The van der Waals surface area contributed by atoms with Crippen LogP contribution in [0.5, 0.6) is 0 Å². The fourth-order valence-electron chi connectivity index (χ4n) is 2.71. The topological polar surface area (TPSA) is 55.2 Å². The fourth-order valence-corrected chi connectivity index (χ4v) is 3.06. The molecule has 3 atom stereocenters. The SMILES string of the molecule is CC1CCC(C)C(Nc2ccc(Br)cc2[N+](=O)[O-])C1. The first-order chi connectivity index (χ1) is 8.97. The monoisotopic (exact) mass is 326 g/mol. The number of hydrogen-bond acceptors (Lipinski definition) is 3. The van der Waals surface area contributed by atoms with Crippen molar-refractivity contribution in [2.24, 2.45) is 11.8 Å². The second-order valence-electron chi connectivity index (χ2n) is 5.56. The van der Waals surface area contributed by atoms with E-state index in [1.165, 1.54) is 12.8 Å². The molecule has 0 aliphatic heterocycles. The largest absolute Gasteiger partial charge is 0.376 e. The minimum absolute atomic E-state index is 0.139. The van der Waals surface area contributed by atoms with Crippen molar-refractivity contribution < 1.29 is 4.92 Å². The fraction of sp³-hybridized carbons (Fsp3) is 0.571. The maximum Gasteiger partial charge on any atom is 0.293 e. The maximum absolute atomic E-state index is 11.1. The predicted octanol–water partition coefficient (Wildman–Crippen LogP) is 4.59. The van der Waals surface area contributed by atoms with Crippen LogP contribution in [0, 0.1) is 22.0 Å². The van der Waals surface area contributed by atoms with Gasteiger partial charge in [0, 0.05) is 16.6 Å². The van der Waals surface area contributed by atoms with E-state index in [-0.39, 0.29) is 10.6 Å². The molecule has 1 aliphatic carbocycles. The molecule has 0 bridgehead atoms. The van der Waals surface area contributed by atoms with Gasteiger partial charge < -0.3 is 5.32 Å². The molecule has 0 spiro atoms. The Kier molecular flexibility index (Phi) is 4.45. The molecule has 0 radical (unpaired) electrons. The molecule has 3 unspecified atom stereocenters.